The number of amides is 1. The molecule has 30 heavy (non-hydrogen) atoms. The van der Waals surface area contributed by atoms with Crippen LogP contribution in [-0.2, 0) is 13.1 Å². The van der Waals surface area contributed by atoms with Gasteiger partial charge < -0.3 is 25.9 Å². The first-order valence-corrected chi connectivity index (χ1v) is 9.53. The van der Waals surface area contributed by atoms with Gasteiger partial charge in [-0.2, -0.15) is 0 Å². The molecule has 8 heteroatoms. The minimum Gasteiger partial charge on any atom is -0.465 e. The van der Waals surface area contributed by atoms with E-state index in [1.165, 1.54) is 0 Å². The molecule has 0 fully saturated rings. The lowest BCUT2D eigenvalue weighted by Gasteiger charge is -2.21. The van der Waals surface area contributed by atoms with E-state index >= 15 is 0 Å². The number of hydrogen-bond acceptors (Lipinski definition) is 4. The van der Waals surface area contributed by atoms with Crippen LogP contribution < -0.4 is 16.6 Å². The topological polar surface area (TPSA) is 130 Å². The van der Waals surface area contributed by atoms with Crippen LogP contribution in [0.15, 0.2) is 58.5 Å². The summed E-state index contributed by atoms with van der Waals surface area (Å²) < 4.78 is 1.63. The lowest BCUT2D eigenvalue weighted by atomic mass is 9.94. The lowest BCUT2D eigenvalue weighted by Crippen LogP contribution is -2.31. The monoisotopic (exact) mass is 408 g/mol. The zero-order valence-corrected chi connectivity index (χ0v) is 16.8. The molecule has 0 unspecified atom stereocenters. The average Bonchev–Trinajstić information content (AvgIpc) is 2.73. The van der Waals surface area contributed by atoms with Gasteiger partial charge in [0.2, 0.25) is 0 Å². The quantitative estimate of drug-likeness (QED) is 0.215. The number of aromatic nitrogens is 1. The maximum atomic E-state index is 13.3. The molecule has 3 aromatic rings. The first kappa shape index (κ1) is 20.9. The van der Waals surface area contributed by atoms with E-state index in [0.29, 0.717) is 28.6 Å². The molecule has 0 aliphatic carbocycles. The van der Waals surface area contributed by atoms with Crippen molar-refractivity contribution < 1.29 is 15.1 Å². The highest BCUT2D eigenvalue weighted by Crippen LogP contribution is 2.32. The second-order valence-corrected chi connectivity index (χ2v) is 7.40. The molecule has 0 bridgehead atoms. The molecule has 0 saturated carbocycles. The number of nitrogens with one attached hydrogen (secondary N) is 1. The van der Waals surface area contributed by atoms with Crippen molar-refractivity contribution in [3.63, 3.8) is 0 Å². The highest BCUT2D eigenvalue weighted by molar-refractivity contribution is 6.04. The molecule has 0 atom stereocenters. The van der Waals surface area contributed by atoms with E-state index in [1.54, 1.807) is 22.8 Å². The number of pyridine rings is 1. The molecule has 1 amide bonds. The van der Waals surface area contributed by atoms with E-state index in [2.05, 4.69) is 10.5 Å². The fourth-order valence-corrected chi connectivity index (χ4v) is 3.54. The third-order valence-corrected chi connectivity index (χ3v) is 4.80. The summed E-state index contributed by atoms with van der Waals surface area (Å²) in [5.41, 5.74) is 8.14. The number of hydrogen-bond donors (Lipinski definition) is 4. The number of nitrogens with two attached hydrogens (primary N) is 1. The van der Waals surface area contributed by atoms with Crippen LogP contribution >= 0.6 is 0 Å². The summed E-state index contributed by atoms with van der Waals surface area (Å²) >= 11 is 0. The molecule has 1 aromatic heterocycles. The van der Waals surface area contributed by atoms with Crippen LogP contribution in [0.25, 0.3) is 21.9 Å². The summed E-state index contributed by atoms with van der Waals surface area (Å²) in [4.78, 5) is 24.6. The van der Waals surface area contributed by atoms with E-state index in [0.717, 1.165) is 11.1 Å². The molecule has 0 aliphatic heterocycles. The number of oxime groups is 1. The van der Waals surface area contributed by atoms with Crippen LogP contribution in [0.1, 0.15) is 25.1 Å². The highest BCUT2D eigenvalue weighted by Gasteiger charge is 2.20. The van der Waals surface area contributed by atoms with Gasteiger partial charge in [0.05, 0.1) is 6.54 Å². The SMILES string of the molecule is CC(C)Cn1c(CNC(=O)O)c(-c2ccccc2)c2cc(/C(N)=N\O)ccc2c1=O. The fourth-order valence-electron chi connectivity index (χ4n) is 3.54. The summed E-state index contributed by atoms with van der Waals surface area (Å²) in [6.07, 6.45) is -1.18. The molecule has 3 rings (SSSR count). The second kappa shape index (κ2) is 8.69. The Morgan fingerprint density at radius 3 is 2.47 bits per heavy atom. The van der Waals surface area contributed by atoms with Crippen LogP contribution in [0.5, 0.6) is 0 Å². The van der Waals surface area contributed by atoms with Crippen molar-refractivity contribution in [3.05, 3.63) is 70.1 Å². The second-order valence-electron chi connectivity index (χ2n) is 7.40. The van der Waals surface area contributed by atoms with E-state index in [1.807, 2.05) is 44.2 Å². The Morgan fingerprint density at radius 2 is 1.87 bits per heavy atom. The smallest absolute Gasteiger partial charge is 0.404 e. The maximum absolute atomic E-state index is 13.3. The Labute approximate surface area is 173 Å². The Hall–Kier alpha value is -3.81. The first-order valence-electron chi connectivity index (χ1n) is 9.53. The van der Waals surface area contributed by atoms with Crippen LogP contribution in [0.4, 0.5) is 4.79 Å². The summed E-state index contributed by atoms with van der Waals surface area (Å²) in [7, 11) is 0. The van der Waals surface area contributed by atoms with Crippen molar-refractivity contribution >= 4 is 22.7 Å². The minimum absolute atomic E-state index is 0.0364. The number of nitrogens with zero attached hydrogens (tertiary/aromatic N) is 2. The molecule has 0 radical (unpaired) electrons. The number of carboxylic acid groups (broad SMARTS) is 1. The highest BCUT2D eigenvalue weighted by atomic mass is 16.4. The van der Waals surface area contributed by atoms with Crippen molar-refractivity contribution in [3.8, 4) is 11.1 Å². The Morgan fingerprint density at radius 1 is 1.17 bits per heavy atom. The summed E-state index contributed by atoms with van der Waals surface area (Å²) in [5, 5.41) is 24.8. The number of rotatable bonds is 6. The summed E-state index contributed by atoms with van der Waals surface area (Å²) in [5.74, 6) is 0.0938. The molecular formula is C22H24N4O4. The summed E-state index contributed by atoms with van der Waals surface area (Å²) in [6.45, 7) is 4.39. The Balaban J connectivity index is 2.46. The molecule has 8 nitrogen and oxygen atoms in total. The van der Waals surface area contributed by atoms with E-state index in [9.17, 15) is 14.7 Å². The van der Waals surface area contributed by atoms with Gasteiger partial charge in [0.15, 0.2) is 5.84 Å². The predicted octanol–water partition coefficient (Wildman–Crippen LogP) is 3.19. The third kappa shape index (κ3) is 4.12. The van der Waals surface area contributed by atoms with Crippen molar-refractivity contribution in [2.24, 2.45) is 16.8 Å². The molecule has 5 N–H and O–H groups in total. The zero-order chi connectivity index (χ0) is 21.8. The molecule has 1 heterocycles. The van der Waals surface area contributed by atoms with E-state index in [4.69, 9.17) is 10.9 Å². The van der Waals surface area contributed by atoms with Gasteiger partial charge in [0.25, 0.3) is 5.56 Å². The van der Waals surface area contributed by atoms with Gasteiger partial charge in [0, 0.05) is 28.8 Å². The van der Waals surface area contributed by atoms with Gasteiger partial charge in [-0.1, -0.05) is 55.4 Å². The van der Waals surface area contributed by atoms with Crippen molar-refractivity contribution in [1.82, 2.24) is 9.88 Å². The van der Waals surface area contributed by atoms with E-state index < -0.39 is 6.09 Å². The van der Waals surface area contributed by atoms with Gasteiger partial charge in [-0.05, 0) is 29.0 Å². The number of carbonyl (C=O) groups is 1. The van der Waals surface area contributed by atoms with Crippen LogP contribution in [0.2, 0.25) is 0 Å². The molecule has 0 saturated heterocycles. The molecule has 0 spiro atoms. The van der Waals surface area contributed by atoms with E-state index in [-0.39, 0.29) is 23.9 Å². The molecular weight excluding hydrogens is 384 g/mol. The maximum Gasteiger partial charge on any atom is 0.404 e. The summed E-state index contributed by atoms with van der Waals surface area (Å²) in [6, 6.07) is 14.4. The normalized spacial score (nSPS) is 11.8. The first-order chi connectivity index (χ1) is 14.3. The van der Waals surface area contributed by atoms with Gasteiger partial charge in [-0.3, -0.25) is 4.79 Å². The molecule has 156 valence electrons. The van der Waals surface area contributed by atoms with Crippen molar-refractivity contribution in [2.75, 3.05) is 0 Å². The largest absolute Gasteiger partial charge is 0.465 e. The zero-order valence-electron chi connectivity index (χ0n) is 16.8. The van der Waals surface area contributed by atoms with Crippen molar-refractivity contribution in [1.29, 1.82) is 0 Å². The van der Waals surface area contributed by atoms with Crippen molar-refractivity contribution in [2.45, 2.75) is 26.9 Å². The number of amidine groups is 1. The molecule has 2 aromatic carbocycles. The lowest BCUT2D eigenvalue weighted by molar-refractivity contribution is 0.193. The fraction of sp³-hybridized carbons (Fsp3) is 0.227. The predicted molar refractivity (Wildman–Crippen MR) is 116 cm³/mol. The number of benzene rings is 2. The Kier molecular flexibility index (Phi) is 6.06. The molecule has 0 aliphatic rings. The van der Waals surface area contributed by atoms with Crippen LogP contribution in [0, 0.1) is 5.92 Å². The van der Waals surface area contributed by atoms with Crippen LogP contribution in [-0.4, -0.2) is 26.8 Å². The van der Waals surface area contributed by atoms with Gasteiger partial charge in [-0.25, -0.2) is 4.79 Å². The average molecular weight is 408 g/mol. The standard InChI is InChI=1S/C22H24N4O4/c1-13(2)12-26-18(11-24-22(28)29)19(14-6-4-3-5-7-14)17-10-15(20(23)25-30)8-9-16(17)21(26)27/h3-10,13,24,30H,11-12H2,1-2H3,(H2,23,25)(H,28,29). The minimum atomic E-state index is -1.18. The van der Waals surface area contributed by atoms with Gasteiger partial charge >= 0.3 is 6.09 Å². The van der Waals surface area contributed by atoms with Gasteiger partial charge in [0.1, 0.15) is 0 Å². The van der Waals surface area contributed by atoms with Gasteiger partial charge in [-0.15, -0.1) is 0 Å². The third-order valence-electron chi connectivity index (χ3n) is 4.80. The number of fused-ring (bicyclic) bond motifs is 1. The Bertz CT molecular complexity index is 1170. The van der Waals surface area contributed by atoms with Crippen LogP contribution in [0.3, 0.4) is 0 Å².